The summed E-state index contributed by atoms with van der Waals surface area (Å²) < 4.78 is 18.2. The number of rotatable bonds is 8. The van der Waals surface area contributed by atoms with Gasteiger partial charge in [0.2, 0.25) is 5.78 Å². The van der Waals surface area contributed by atoms with E-state index in [-0.39, 0.29) is 18.5 Å². The fourth-order valence-corrected chi connectivity index (χ4v) is 3.12. The van der Waals surface area contributed by atoms with Crippen molar-refractivity contribution in [2.45, 2.75) is 40.3 Å². The van der Waals surface area contributed by atoms with Crippen molar-refractivity contribution in [1.29, 1.82) is 0 Å². The molecule has 0 atom stereocenters. The standard InChI is InChI=1S/C23H25NO5/c1-15(2)29-19-9-7-18(8-10-19)23(26)28-14-22(25)21-12-16(3)24(17(21)4)13-20-6-5-11-27-20/h5-12,15H,13-14H2,1-4H3. The highest BCUT2D eigenvalue weighted by Crippen LogP contribution is 2.19. The molecule has 0 aliphatic carbocycles. The second-order valence-corrected chi connectivity index (χ2v) is 7.14. The van der Waals surface area contributed by atoms with Gasteiger partial charge in [0, 0.05) is 17.0 Å². The van der Waals surface area contributed by atoms with Crippen LogP contribution >= 0.6 is 0 Å². The number of aryl methyl sites for hydroxylation is 1. The molecule has 0 saturated heterocycles. The average molecular weight is 395 g/mol. The topological polar surface area (TPSA) is 70.7 Å². The molecule has 2 heterocycles. The maximum absolute atomic E-state index is 12.6. The van der Waals surface area contributed by atoms with Crippen LogP contribution in [0.2, 0.25) is 0 Å². The summed E-state index contributed by atoms with van der Waals surface area (Å²) in [7, 11) is 0. The Kier molecular flexibility index (Phi) is 6.22. The van der Waals surface area contributed by atoms with Crippen molar-refractivity contribution in [3.05, 3.63) is 77.0 Å². The maximum atomic E-state index is 12.6. The molecule has 6 nitrogen and oxygen atoms in total. The molecule has 0 aliphatic rings. The van der Waals surface area contributed by atoms with Crippen molar-refractivity contribution >= 4 is 11.8 Å². The molecule has 2 aromatic heterocycles. The highest BCUT2D eigenvalue weighted by atomic mass is 16.5. The Labute approximate surface area is 170 Å². The van der Waals surface area contributed by atoms with E-state index in [0.717, 1.165) is 17.1 Å². The normalized spacial score (nSPS) is 10.9. The molecule has 1 aromatic carbocycles. The van der Waals surface area contributed by atoms with Gasteiger partial charge < -0.3 is 18.5 Å². The number of aromatic nitrogens is 1. The van der Waals surface area contributed by atoms with Crippen molar-refractivity contribution in [3.8, 4) is 5.75 Å². The fourth-order valence-electron chi connectivity index (χ4n) is 3.12. The molecule has 0 unspecified atom stereocenters. The molecule has 3 rings (SSSR count). The molecule has 0 fully saturated rings. The Morgan fingerprint density at radius 1 is 1.10 bits per heavy atom. The molecule has 152 valence electrons. The third kappa shape index (κ3) is 4.96. The highest BCUT2D eigenvalue weighted by molar-refractivity contribution is 6.00. The van der Waals surface area contributed by atoms with Crippen LogP contribution < -0.4 is 4.74 Å². The van der Waals surface area contributed by atoms with Crippen molar-refractivity contribution in [2.75, 3.05) is 6.61 Å². The number of hydrogen-bond donors (Lipinski definition) is 0. The van der Waals surface area contributed by atoms with Crippen LogP contribution in [0.25, 0.3) is 0 Å². The first-order valence-corrected chi connectivity index (χ1v) is 9.51. The fraction of sp³-hybridized carbons (Fsp3) is 0.304. The van der Waals surface area contributed by atoms with Crippen LogP contribution in [0.5, 0.6) is 5.75 Å². The molecule has 0 amide bonds. The first-order valence-electron chi connectivity index (χ1n) is 9.51. The third-order valence-electron chi connectivity index (χ3n) is 4.56. The zero-order chi connectivity index (χ0) is 21.0. The summed E-state index contributed by atoms with van der Waals surface area (Å²) in [6.07, 6.45) is 1.67. The summed E-state index contributed by atoms with van der Waals surface area (Å²) in [5, 5.41) is 0. The summed E-state index contributed by atoms with van der Waals surface area (Å²) >= 11 is 0. The van der Waals surface area contributed by atoms with Gasteiger partial charge in [-0.3, -0.25) is 4.79 Å². The Hall–Kier alpha value is -3.28. The van der Waals surface area contributed by atoms with Crippen LogP contribution in [0.3, 0.4) is 0 Å². The molecule has 6 heteroatoms. The van der Waals surface area contributed by atoms with Gasteiger partial charge in [-0.05, 0) is 70.2 Å². The summed E-state index contributed by atoms with van der Waals surface area (Å²) in [5.74, 6) is 0.703. The maximum Gasteiger partial charge on any atom is 0.338 e. The smallest absolute Gasteiger partial charge is 0.338 e. The lowest BCUT2D eigenvalue weighted by Crippen LogP contribution is -2.15. The Bertz CT molecular complexity index is 981. The monoisotopic (exact) mass is 395 g/mol. The molecule has 0 N–H and O–H groups in total. The van der Waals surface area contributed by atoms with Gasteiger partial charge in [0.25, 0.3) is 0 Å². The zero-order valence-corrected chi connectivity index (χ0v) is 17.1. The van der Waals surface area contributed by atoms with E-state index in [1.807, 2.05) is 50.5 Å². The van der Waals surface area contributed by atoms with Crippen LogP contribution in [0.4, 0.5) is 0 Å². The number of benzene rings is 1. The Morgan fingerprint density at radius 3 is 2.45 bits per heavy atom. The Morgan fingerprint density at radius 2 is 1.83 bits per heavy atom. The van der Waals surface area contributed by atoms with Crippen LogP contribution in [0.1, 0.15) is 51.7 Å². The first-order chi connectivity index (χ1) is 13.8. The molecule has 0 aliphatic heterocycles. The molecule has 0 saturated carbocycles. The number of ether oxygens (including phenoxy) is 2. The summed E-state index contributed by atoms with van der Waals surface area (Å²) in [5.41, 5.74) is 2.67. The molecule has 0 bridgehead atoms. The lowest BCUT2D eigenvalue weighted by Gasteiger charge is -2.10. The number of nitrogens with zero attached hydrogens (tertiary/aromatic N) is 1. The molecule has 0 radical (unpaired) electrons. The molecular weight excluding hydrogens is 370 g/mol. The van der Waals surface area contributed by atoms with Gasteiger partial charge in [0.1, 0.15) is 11.5 Å². The number of hydrogen-bond acceptors (Lipinski definition) is 5. The van der Waals surface area contributed by atoms with Gasteiger partial charge in [-0.15, -0.1) is 0 Å². The van der Waals surface area contributed by atoms with Crippen LogP contribution in [0.15, 0.2) is 53.1 Å². The van der Waals surface area contributed by atoms with Crippen molar-refractivity contribution in [3.63, 3.8) is 0 Å². The van der Waals surface area contributed by atoms with E-state index in [2.05, 4.69) is 0 Å². The minimum atomic E-state index is -0.543. The van der Waals surface area contributed by atoms with Crippen molar-refractivity contribution in [2.24, 2.45) is 0 Å². The molecule has 3 aromatic rings. The minimum absolute atomic E-state index is 0.0530. The van der Waals surface area contributed by atoms with Gasteiger partial charge in [-0.1, -0.05) is 0 Å². The van der Waals surface area contributed by atoms with Crippen molar-refractivity contribution in [1.82, 2.24) is 4.57 Å². The van der Waals surface area contributed by atoms with Gasteiger partial charge in [-0.2, -0.15) is 0 Å². The highest BCUT2D eigenvalue weighted by Gasteiger charge is 2.18. The van der Waals surface area contributed by atoms with Crippen LogP contribution in [0, 0.1) is 13.8 Å². The van der Waals surface area contributed by atoms with Gasteiger partial charge in [0.15, 0.2) is 6.61 Å². The lowest BCUT2D eigenvalue weighted by molar-refractivity contribution is 0.0474. The summed E-state index contributed by atoms with van der Waals surface area (Å²) in [4.78, 5) is 24.9. The summed E-state index contributed by atoms with van der Waals surface area (Å²) in [6.45, 7) is 7.90. The van der Waals surface area contributed by atoms with Gasteiger partial charge in [0.05, 0.1) is 24.5 Å². The van der Waals surface area contributed by atoms with E-state index < -0.39 is 5.97 Å². The van der Waals surface area contributed by atoms with Crippen molar-refractivity contribution < 1.29 is 23.5 Å². The Balaban J connectivity index is 1.62. The number of Topliss-reactive ketones (excluding diaryl/α,β-unsaturated/α-hetero) is 1. The molecule has 29 heavy (non-hydrogen) atoms. The minimum Gasteiger partial charge on any atom is -0.491 e. The summed E-state index contributed by atoms with van der Waals surface area (Å²) in [6, 6.07) is 12.2. The van der Waals surface area contributed by atoms with Crippen LogP contribution in [-0.4, -0.2) is 29.0 Å². The second-order valence-electron chi connectivity index (χ2n) is 7.14. The van der Waals surface area contributed by atoms with Gasteiger partial charge in [-0.25, -0.2) is 4.79 Å². The quantitative estimate of drug-likeness (QED) is 0.413. The van der Waals surface area contributed by atoms with E-state index in [9.17, 15) is 9.59 Å². The van der Waals surface area contributed by atoms with Crippen LogP contribution in [-0.2, 0) is 11.3 Å². The van der Waals surface area contributed by atoms with E-state index in [1.54, 1.807) is 30.5 Å². The molecule has 0 spiro atoms. The number of carbonyl (C=O) groups is 2. The number of furan rings is 1. The van der Waals surface area contributed by atoms with Gasteiger partial charge >= 0.3 is 5.97 Å². The lowest BCUT2D eigenvalue weighted by atomic mass is 10.1. The first kappa shape index (κ1) is 20.5. The number of carbonyl (C=O) groups excluding carboxylic acids is 2. The van der Waals surface area contributed by atoms with E-state index >= 15 is 0 Å². The zero-order valence-electron chi connectivity index (χ0n) is 17.1. The predicted octanol–water partition coefficient (Wildman–Crippen LogP) is 4.57. The predicted molar refractivity (Wildman–Crippen MR) is 109 cm³/mol. The second kappa shape index (κ2) is 8.82. The average Bonchev–Trinajstić information content (AvgIpc) is 3.30. The van der Waals surface area contributed by atoms with E-state index in [0.29, 0.717) is 23.4 Å². The van der Waals surface area contributed by atoms with E-state index in [1.165, 1.54) is 0 Å². The SMILES string of the molecule is Cc1cc(C(=O)COC(=O)c2ccc(OC(C)C)cc2)c(C)n1Cc1ccco1. The molecular formula is C23H25NO5. The largest absolute Gasteiger partial charge is 0.491 e. The number of ketones is 1. The van der Waals surface area contributed by atoms with E-state index in [4.69, 9.17) is 13.9 Å². The number of esters is 1. The third-order valence-corrected chi connectivity index (χ3v) is 4.56.